The zero-order valence-corrected chi connectivity index (χ0v) is 16.3. The first-order valence-electron chi connectivity index (χ1n) is 8.95. The molecule has 1 aromatic heterocycles. The fourth-order valence-corrected chi connectivity index (χ4v) is 2.58. The number of aryl methyl sites for hydroxylation is 1. The van der Waals surface area contributed by atoms with Gasteiger partial charge in [-0.15, -0.1) is 0 Å². The van der Waals surface area contributed by atoms with Crippen LogP contribution in [0.3, 0.4) is 0 Å². The molecule has 0 fully saturated rings. The van der Waals surface area contributed by atoms with Gasteiger partial charge in [0.2, 0.25) is 0 Å². The second-order valence-electron chi connectivity index (χ2n) is 6.54. The van der Waals surface area contributed by atoms with Gasteiger partial charge in [-0.1, -0.05) is 12.1 Å². The van der Waals surface area contributed by atoms with E-state index in [0.717, 1.165) is 11.3 Å². The van der Waals surface area contributed by atoms with Gasteiger partial charge in [-0.05, 0) is 50.6 Å². The third kappa shape index (κ3) is 6.08. The lowest BCUT2D eigenvalue weighted by atomic mass is 10.0. The molecule has 0 aliphatic carbocycles. The number of furan rings is 1. The molecule has 0 radical (unpaired) electrons. The summed E-state index contributed by atoms with van der Waals surface area (Å²) in [5.41, 5.74) is -0.353. The summed E-state index contributed by atoms with van der Waals surface area (Å²) in [5, 5.41) is 17.0. The number of rotatable bonds is 8. The van der Waals surface area contributed by atoms with Crippen molar-refractivity contribution in [2.24, 2.45) is 4.99 Å². The van der Waals surface area contributed by atoms with Gasteiger partial charge in [0.05, 0.1) is 12.6 Å². The summed E-state index contributed by atoms with van der Waals surface area (Å²) in [5.74, 6) is 1.47. The Morgan fingerprint density at radius 3 is 2.52 bits per heavy atom. The van der Waals surface area contributed by atoms with Crippen LogP contribution in [0, 0.1) is 12.7 Å². The molecule has 2 rings (SSSR count). The maximum atomic E-state index is 13.1. The average Bonchev–Trinajstić information content (AvgIpc) is 3.09. The Bertz CT molecular complexity index is 741. The molecule has 0 saturated heterocycles. The Morgan fingerprint density at radius 2 is 1.96 bits per heavy atom. The second kappa shape index (κ2) is 9.53. The summed E-state index contributed by atoms with van der Waals surface area (Å²) in [6, 6.07) is 9.76. The second-order valence-corrected chi connectivity index (χ2v) is 6.54. The Balaban J connectivity index is 2.02. The summed E-state index contributed by atoms with van der Waals surface area (Å²) >= 11 is 0. The fraction of sp³-hybridized carbons (Fsp3) is 0.450. The van der Waals surface area contributed by atoms with E-state index in [1.807, 2.05) is 19.9 Å². The van der Waals surface area contributed by atoms with Crippen molar-refractivity contribution in [1.29, 1.82) is 0 Å². The van der Waals surface area contributed by atoms with E-state index >= 15 is 0 Å². The maximum Gasteiger partial charge on any atom is 0.191 e. The van der Waals surface area contributed by atoms with Crippen molar-refractivity contribution in [2.75, 3.05) is 26.7 Å². The smallest absolute Gasteiger partial charge is 0.191 e. The van der Waals surface area contributed by atoms with Crippen LogP contribution in [0.1, 0.15) is 37.0 Å². The molecule has 3 N–H and O–H groups in total. The van der Waals surface area contributed by atoms with Crippen molar-refractivity contribution in [3.8, 4) is 0 Å². The van der Waals surface area contributed by atoms with Crippen LogP contribution >= 0.6 is 0 Å². The molecule has 0 amide bonds. The van der Waals surface area contributed by atoms with Gasteiger partial charge in [0, 0.05) is 20.2 Å². The molecule has 148 valence electrons. The normalized spacial score (nSPS) is 15.3. The lowest BCUT2D eigenvalue weighted by Gasteiger charge is -2.21. The van der Waals surface area contributed by atoms with Crippen LogP contribution in [0.2, 0.25) is 0 Å². The minimum Gasteiger partial charge on any atom is -0.463 e. The first-order valence-corrected chi connectivity index (χ1v) is 8.95. The Hall–Kier alpha value is -2.38. The first-order chi connectivity index (χ1) is 12.9. The van der Waals surface area contributed by atoms with Crippen molar-refractivity contribution < 1.29 is 18.7 Å². The van der Waals surface area contributed by atoms with Gasteiger partial charge >= 0.3 is 0 Å². The highest BCUT2D eigenvalue weighted by Gasteiger charge is 2.26. The summed E-state index contributed by atoms with van der Waals surface area (Å²) in [4.78, 5) is 4.45. The third-order valence-electron chi connectivity index (χ3n) is 4.14. The topological polar surface area (TPSA) is 79.0 Å². The molecule has 0 aliphatic heterocycles. The summed E-state index contributed by atoms with van der Waals surface area (Å²) in [6.45, 7) is 6.68. The molecule has 2 atom stereocenters. The zero-order valence-electron chi connectivity index (χ0n) is 16.3. The van der Waals surface area contributed by atoms with Gasteiger partial charge in [-0.2, -0.15) is 0 Å². The quantitative estimate of drug-likeness (QED) is 0.487. The monoisotopic (exact) mass is 377 g/mol. The number of nitrogens with zero attached hydrogens (tertiary/aromatic N) is 1. The molecule has 27 heavy (non-hydrogen) atoms. The van der Waals surface area contributed by atoms with Crippen molar-refractivity contribution in [2.45, 2.75) is 32.5 Å². The Kier molecular flexibility index (Phi) is 7.38. The van der Waals surface area contributed by atoms with Crippen molar-refractivity contribution in [3.05, 3.63) is 59.3 Å². The molecular formula is C20H28FN3O3. The van der Waals surface area contributed by atoms with Gasteiger partial charge in [-0.3, -0.25) is 0 Å². The van der Waals surface area contributed by atoms with Crippen LogP contribution < -0.4 is 10.6 Å². The van der Waals surface area contributed by atoms with Crippen LogP contribution in [0.4, 0.5) is 4.39 Å². The number of hydrogen-bond acceptors (Lipinski definition) is 4. The van der Waals surface area contributed by atoms with Crippen LogP contribution in [0.15, 0.2) is 45.8 Å². The molecule has 7 heteroatoms. The number of ether oxygens (including phenoxy) is 1. The van der Waals surface area contributed by atoms with Crippen LogP contribution in [0.25, 0.3) is 0 Å². The summed E-state index contributed by atoms with van der Waals surface area (Å²) < 4.78 is 24.1. The molecule has 2 aromatic rings. The van der Waals surface area contributed by atoms with Gasteiger partial charge < -0.3 is 24.9 Å². The number of halogens is 1. The molecule has 6 nitrogen and oxygen atoms in total. The van der Waals surface area contributed by atoms with Crippen LogP contribution in [0.5, 0.6) is 0 Å². The molecule has 0 aliphatic rings. The summed E-state index contributed by atoms with van der Waals surface area (Å²) in [7, 11) is 1.60. The maximum absolute atomic E-state index is 13.1. The lowest BCUT2D eigenvalue weighted by molar-refractivity contribution is 0.0428. The zero-order chi connectivity index (χ0) is 19.9. The molecule has 2 unspecified atom stereocenters. The van der Waals surface area contributed by atoms with E-state index in [2.05, 4.69) is 15.6 Å². The fourth-order valence-electron chi connectivity index (χ4n) is 2.58. The Labute approximate surface area is 159 Å². The number of nitrogens with one attached hydrogen (secondary N) is 2. The van der Waals surface area contributed by atoms with Gasteiger partial charge in [0.15, 0.2) is 5.96 Å². The van der Waals surface area contributed by atoms with Crippen LogP contribution in [-0.2, 0) is 10.3 Å². The molecule has 0 spiro atoms. The SMILES string of the molecule is CCNC(=NCC(C)(O)c1ccc(C)o1)NCC(OC)c1ccc(F)cc1. The predicted octanol–water partition coefficient (Wildman–Crippen LogP) is 2.88. The van der Waals surface area contributed by atoms with Crippen molar-refractivity contribution >= 4 is 5.96 Å². The highest BCUT2D eigenvalue weighted by Crippen LogP contribution is 2.23. The van der Waals surface area contributed by atoms with E-state index in [1.54, 1.807) is 32.2 Å². The molecule has 0 bridgehead atoms. The number of guanidine groups is 1. The molecule has 1 aromatic carbocycles. The predicted molar refractivity (Wildman–Crippen MR) is 103 cm³/mol. The van der Waals surface area contributed by atoms with Gasteiger partial charge in [-0.25, -0.2) is 9.38 Å². The van der Waals surface area contributed by atoms with E-state index in [1.165, 1.54) is 12.1 Å². The number of methoxy groups -OCH3 is 1. The van der Waals surface area contributed by atoms with Crippen molar-refractivity contribution in [1.82, 2.24) is 10.6 Å². The minimum absolute atomic E-state index is 0.128. The van der Waals surface area contributed by atoms with Crippen LogP contribution in [-0.4, -0.2) is 37.8 Å². The summed E-state index contributed by atoms with van der Waals surface area (Å²) in [6.07, 6.45) is -0.261. The van der Waals surface area contributed by atoms with E-state index in [4.69, 9.17) is 9.15 Å². The minimum atomic E-state index is -1.21. The number of hydrogen-bond donors (Lipinski definition) is 3. The highest BCUT2D eigenvalue weighted by atomic mass is 19.1. The van der Waals surface area contributed by atoms with E-state index < -0.39 is 5.60 Å². The first kappa shape index (κ1) is 20.9. The standard InChI is InChI=1S/C20H28FN3O3/c1-5-22-19(24-13-20(3,25)18-11-6-14(2)27-18)23-12-17(26-4)15-7-9-16(21)10-8-15/h6-11,17,25H,5,12-13H2,1-4H3,(H2,22,23,24). The van der Waals surface area contributed by atoms with E-state index in [9.17, 15) is 9.50 Å². The van der Waals surface area contributed by atoms with E-state index in [-0.39, 0.29) is 18.5 Å². The van der Waals surface area contributed by atoms with Gasteiger partial charge in [0.25, 0.3) is 0 Å². The number of aliphatic hydroxyl groups is 1. The number of benzene rings is 1. The average molecular weight is 377 g/mol. The molecule has 0 saturated carbocycles. The third-order valence-corrected chi connectivity index (χ3v) is 4.14. The van der Waals surface area contributed by atoms with E-state index in [0.29, 0.717) is 24.8 Å². The Morgan fingerprint density at radius 1 is 1.26 bits per heavy atom. The van der Waals surface area contributed by atoms with Crippen molar-refractivity contribution in [3.63, 3.8) is 0 Å². The molecule has 1 heterocycles. The van der Waals surface area contributed by atoms with Gasteiger partial charge in [0.1, 0.15) is 22.9 Å². The number of aliphatic imine (C=N–C) groups is 1. The lowest BCUT2D eigenvalue weighted by Crippen LogP contribution is -2.40. The highest BCUT2D eigenvalue weighted by molar-refractivity contribution is 5.79. The largest absolute Gasteiger partial charge is 0.463 e. The molecular weight excluding hydrogens is 349 g/mol.